The fourth-order valence-corrected chi connectivity index (χ4v) is 3.65. The van der Waals surface area contributed by atoms with Gasteiger partial charge in [0.25, 0.3) is 0 Å². The van der Waals surface area contributed by atoms with E-state index in [9.17, 15) is 4.79 Å². The minimum atomic E-state index is -0.00362. The molecule has 0 saturated heterocycles. The van der Waals surface area contributed by atoms with Gasteiger partial charge >= 0.3 is 0 Å². The molecule has 3 aromatic carbocycles. The number of nitrogens with two attached hydrogens (primary N) is 2. The highest BCUT2D eigenvalue weighted by molar-refractivity contribution is 6.06. The third-order valence-corrected chi connectivity index (χ3v) is 5.63. The van der Waals surface area contributed by atoms with Crippen molar-refractivity contribution in [1.29, 1.82) is 0 Å². The van der Waals surface area contributed by atoms with Gasteiger partial charge in [-0.2, -0.15) is 0 Å². The Kier molecular flexibility index (Phi) is 9.13. The predicted molar refractivity (Wildman–Crippen MR) is 139 cm³/mol. The zero-order valence-electron chi connectivity index (χ0n) is 19.4. The summed E-state index contributed by atoms with van der Waals surface area (Å²) >= 11 is 0. The van der Waals surface area contributed by atoms with Gasteiger partial charge < -0.3 is 16.2 Å². The molecule has 0 aliphatic heterocycles. The van der Waals surface area contributed by atoms with E-state index in [4.69, 9.17) is 16.2 Å². The highest BCUT2D eigenvalue weighted by atomic mass is 16.5. The lowest BCUT2D eigenvalue weighted by molar-refractivity contribution is 0.104. The van der Waals surface area contributed by atoms with Gasteiger partial charge in [-0.1, -0.05) is 81.5 Å². The average Bonchev–Trinajstić information content (AvgIpc) is 2.83. The Morgan fingerprint density at radius 3 is 2.24 bits per heavy atom. The van der Waals surface area contributed by atoms with E-state index in [1.165, 1.54) is 44.1 Å². The Labute approximate surface area is 197 Å². The van der Waals surface area contributed by atoms with Crippen molar-refractivity contribution in [3.8, 4) is 11.5 Å². The molecule has 0 amide bonds. The van der Waals surface area contributed by atoms with Gasteiger partial charge in [-0.25, -0.2) is 0 Å². The topological polar surface area (TPSA) is 78.3 Å². The molecule has 172 valence electrons. The number of hydrogen-bond acceptors (Lipinski definition) is 4. The second-order valence-corrected chi connectivity index (χ2v) is 8.38. The van der Waals surface area contributed by atoms with Crippen LogP contribution in [0, 0.1) is 0 Å². The number of ketones is 1. The maximum absolute atomic E-state index is 12.5. The van der Waals surface area contributed by atoms with Crippen molar-refractivity contribution in [2.45, 2.75) is 51.9 Å². The van der Waals surface area contributed by atoms with Crippen LogP contribution in [0.1, 0.15) is 66.9 Å². The fraction of sp³-hybridized carbons (Fsp3) is 0.276. The molecular weight excluding hydrogens is 408 g/mol. The van der Waals surface area contributed by atoms with Crippen LogP contribution in [0.4, 0.5) is 11.4 Å². The number of benzene rings is 3. The summed E-state index contributed by atoms with van der Waals surface area (Å²) in [6.45, 7) is 2.24. The second-order valence-electron chi connectivity index (χ2n) is 8.38. The van der Waals surface area contributed by atoms with Gasteiger partial charge in [0.15, 0.2) is 5.78 Å². The Morgan fingerprint density at radius 1 is 0.848 bits per heavy atom. The van der Waals surface area contributed by atoms with E-state index in [0.29, 0.717) is 28.4 Å². The first-order valence-electron chi connectivity index (χ1n) is 11.8. The molecule has 4 N–H and O–H groups in total. The van der Waals surface area contributed by atoms with Crippen LogP contribution in [-0.2, 0) is 6.42 Å². The van der Waals surface area contributed by atoms with Crippen LogP contribution in [0.25, 0.3) is 6.08 Å². The zero-order valence-corrected chi connectivity index (χ0v) is 19.4. The molecule has 0 unspecified atom stereocenters. The number of unbranched alkanes of at least 4 members (excludes halogenated alkanes) is 5. The third-order valence-electron chi connectivity index (χ3n) is 5.63. The summed E-state index contributed by atoms with van der Waals surface area (Å²) in [7, 11) is 0. The summed E-state index contributed by atoms with van der Waals surface area (Å²) in [5.74, 6) is 1.22. The highest BCUT2D eigenvalue weighted by Crippen LogP contribution is 2.29. The van der Waals surface area contributed by atoms with Crippen molar-refractivity contribution >= 4 is 23.2 Å². The summed E-state index contributed by atoms with van der Waals surface area (Å²) in [6.07, 6.45) is 12.3. The van der Waals surface area contributed by atoms with Crippen LogP contribution in [-0.4, -0.2) is 5.78 Å². The SMILES string of the molecule is CCCCCCCCc1ccc(C(=O)C=Cc2ccc(Oc3ccc(N)cc3N)cc2)cc1. The number of anilines is 2. The molecule has 0 heterocycles. The number of aryl methyl sites for hydroxylation is 1. The van der Waals surface area contributed by atoms with Crippen LogP contribution in [0.15, 0.2) is 72.8 Å². The lowest BCUT2D eigenvalue weighted by atomic mass is 10.0. The Bertz CT molecular complexity index is 1050. The van der Waals surface area contributed by atoms with Gasteiger partial charge in [0, 0.05) is 11.3 Å². The summed E-state index contributed by atoms with van der Waals surface area (Å²) in [5, 5.41) is 0. The van der Waals surface area contributed by atoms with Gasteiger partial charge in [0.1, 0.15) is 11.5 Å². The molecule has 4 nitrogen and oxygen atoms in total. The summed E-state index contributed by atoms with van der Waals surface area (Å²) in [4.78, 5) is 12.5. The highest BCUT2D eigenvalue weighted by Gasteiger charge is 2.04. The van der Waals surface area contributed by atoms with E-state index in [1.807, 2.05) is 42.5 Å². The van der Waals surface area contributed by atoms with E-state index in [-0.39, 0.29) is 5.78 Å². The van der Waals surface area contributed by atoms with Crippen LogP contribution < -0.4 is 16.2 Å². The molecule has 0 atom stereocenters. The van der Waals surface area contributed by atoms with Crippen LogP contribution in [0.3, 0.4) is 0 Å². The normalized spacial score (nSPS) is 11.1. The molecule has 0 aromatic heterocycles. The molecule has 0 radical (unpaired) electrons. The van der Waals surface area contributed by atoms with Gasteiger partial charge in [-0.3, -0.25) is 4.79 Å². The molecule has 33 heavy (non-hydrogen) atoms. The molecule has 0 bridgehead atoms. The van der Waals surface area contributed by atoms with Gasteiger partial charge in [0.2, 0.25) is 0 Å². The lowest BCUT2D eigenvalue weighted by Crippen LogP contribution is -1.95. The van der Waals surface area contributed by atoms with Crippen molar-refractivity contribution < 1.29 is 9.53 Å². The molecule has 0 spiro atoms. The average molecular weight is 443 g/mol. The van der Waals surface area contributed by atoms with Crippen molar-refractivity contribution in [1.82, 2.24) is 0 Å². The fourth-order valence-electron chi connectivity index (χ4n) is 3.65. The lowest BCUT2D eigenvalue weighted by Gasteiger charge is -2.09. The number of hydrogen-bond donors (Lipinski definition) is 2. The Balaban J connectivity index is 1.49. The third kappa shape index (κ3) is 7.83. The molecule has 3 rings (SSSR count). The zero-order chi connectivity index (χ0) is 23.5. The summed E-state index contributed by atoms with van der Waals surface area (Å²) < 4.78 is 5.81. The van der Waals surface area contributed by atoms with Gasteiger partial charge in [-0.15, -0.1) is 0 Å². The minimum absolute atomic E-state index is 0.00362. The number of rotatable bonds is 12. The van der Waals surface area contributed by atoms with Gasteiger partial charge in [-0.05, 0) is 60.4 Å². The predicted octanol–water partition coefficient (Wildman–Crippen LogP) is 7.44. The Hall–Kier alpha value is -3.53. The summed E-state index contributed by atoms with van der Waals surface area (Å²) in [5.41, 5.74) is 15.7. The molecule has 4 heteroatoms. The molecule has 3 aromatic rings. The van der Waals surface area contributed by atoms with Crippen molar-refractivity contribution in [3.05, 3.63) is 89.5 Å². The first kappa shape index (κ1) is 24.1. The second kappa shape index (κ2) is 12.5. The monoisotopic (exact) mass is 442 g/mol. The summed E-state index contributed by atoms with van der Waals surface area (Å²) in [6, 6.07) is 20.6. The smallest absolute Gasteiger partial charge is 0.185 e. The van der Waals surface area contributed by atoms with E-state index < -0.39 is 0 Å². The number of carbonyl (C=O) groups excluding carboxylic acids is 1. The number of carbonyl (C=O) groups is 1. The molecule has 0 aliphatic carbocycles. The number of nitrogen functional groups attached to an aromatic ring is 2. The van der Waals surface area contributed by atoms with Crippen LogP contribution >= 0.6 is 0 Å². The molecular formula is C29H34N2O2. The van der Waals surface area contributed by atoms with Crippen molar-refractivity contribution in [3.63, 3.8) is 0 Å². The maximum Gasteiger partial charge on any atom is 0.185 e. The molecule has 0 aliphatic rings. The largest absolute Gasteiger partial charge is 0.455 e. The van der Waals surface area contributed by atoms with E-state index in [1.54, 1.807) is 24.3 Å². The van der Waals surface area contributed by atoms with E-state index in [0.717, 1.165) is 12.0 Å². The first-order chi connectivity index (χ1) is 16.0. The van der Waals surface area contributed by atoms with Crippen LogP contribution in [0.5, 0.6) is 11.5 Å². The quantitative estimate of drug-likeness (QED) is 0.132. The first-order valence-corrected chi connectivity index (χ1v) is 11.8. The Morgan fingerprint density at radius 2 is 1.55 bits per heavy atom. The molecule has 0 fully saturated rings. The van der Waals surface area contributed by atoms with Crippen molar-refractivity contribution in [2.75, 3.05) is 11.5 Å². The van der Waals surface area contributed by atoms with E-state index in [2.05, 4.69) is 19.1 Å². The maximum atomic E-state index is 12.5. The van der Waals surface area contributed by atoms with Crippen LogP contribution in [0.2, 0.25) is 0 Å². The van der Waals surface area contributed by atoms with Crippen molar-refractivity contribution in [2.24, 2.45) is 0 Å². The standard InChI is InChI=1S/C29H34N2O2/c1-2-3-4-5-6-7-8-22-9-14-24(15-10-22)28(32)19-13-23-11-17-26(18-12-23)33-29-20-16-25(30)21-27(29)31/h9-21H,2-8,30-31H2,1H3. The van der Waals surface area contributed by atoms with Gasteiger partial charge in [0.05, 0.1) is 5.69 Å². The number of allylic oxidation sites excluding steroid dienone is 1. The van der Waals surface area contributed by atoms with E-state index >= 15 is 0 Å². The number of ether oxygens (including phenoxy) is 1. The minimum Gasteiger partial charge on any atom is -0.455 e. The molecule has 0 saturated carbocycles.